The smallest absolute Gasteiger partial charge is 0.330 e. The molecule has 2 aromatic heterocycles. The van der Waals surface area contributed by atoms with Crippen molar-refractivity contribution < 1.29 is 4.79 Å². The molecule has 1 aromatic carbocycles. The highest BCUT2D eigenvalue weighted by Crippen LogP contribution is 2.22. The number of benzene rings is 1. The molecule has 0 saturated carbocycles. The Kier molecular flexibility index (Phi) is 6.94. The number of anilines is 2. The van der Waals surface area contributed by atoms with E-state index >= 15 is 0 Å². The molecule has 1 amide bonds. The van der Waals surface area contributed by atoms with Crippen LogP contribution in [0.4, 0.5) is 11.5 Å². The predicted molar refractivity (Wildman–Crippen MR) is 121 cm³/mol. The zero-order valence-corrected chi connectivity index (χ0v) is 17.9. The molecule has 9 heteroatoms. The number of hydrogen-bond acceptors (Lipinski definition) is 6. The van der Waals surface area contributed by atoms with E-state index in [1.54, 1.807) is 6.92 Å². The number of para-hydroxylation sites is 1. The van der Waals surface area contributed by atoms with E-state index < -0.39 is 11.2 Å². The predicted octanol–water partition coefficient (Wildman–Crippen LogP) is 2.61. The second-order valence-corrected chi connectivity index (χ2v) is 7.76. The number of hydrogen-bond donors (Lipinski definition) is 2. The quantitative estimate of drug-likeness (QED) is 0.534. The summed E-state index contributed by atoms with van der Waals surface area (Å²) >= 11 is 1.29. The standard InChI is InChI=1S/C21H25N5O3S/c1-3-5-12-26-19(22)18(20(28)24-21(26)29)25(4-2)17(27)13-30-16-11-10-14-8-6-7-9-15(14)23-16/h6-11H,3-5,12-13,22H2,1-2H3,(H,24,28,29). The average molecular weight is 428 g/mol. The number of unbranched alkanes of at least 4 members (excludes halogenated alkanes) is 1. The fourth-order valence-electron chi connectivity index (χ4n) is 3.18. The molecular weight excluding hydrogens is 402 g/mol. The molecule has 0 fully saturated rings. The number of pyridine rings is 1. The number of carbonyl (C=O) groups excluding carboxylic acids is 1. The third-order valence-electron chi connectivity index (χ3n) is 4.75. The molecule has 0 aliphatic rings. The lowest BCUT2D eigenvalue weighted by atomic mass is 10.2. The molecule has 0 unspecified atom stereocenters. The maximum Gasteiger partial charge on any atom is 0.330 e. The Morgan fingerprint density at radius 3 is 2.70 bits per heavy atom. The summed E-state index contributed by atoms with van der Waals surface area (Å²) in [6, 6.07) is 11.6. The molecule has 0 aliphatic heterocycles. The largest absolute Gasteiger partial charge is 0.383 e. The van der Waals surface area contributed by atoms with Gasteiger partial charge in [-0.3, -0.25) is 19.1 Å². The lowest BCUT2D eigenvalue weighted by Crippen LogP contribution is -2.41. The van der Waals surface area contributed by atoms with Crippen molar-refractivity contribution >= 4 is 40.1 Å². The number of carbonyl (C=O) groups is 1. The van der Waals surface area contributed by atoms with E-state index in [2.05, 4.69) is 9.97 Å². The van der Waals surface area contributed by atoms with Crippen LogP contribution in [0, 0.1) is 0 Å². The number of amides is 1. The lowest BCUT2D eigenvalue weighted by Gasteiger charge is -2.23. The Morgan fingerprint density at radius 2 is 1.97 bits per heavy atom. The van der Waals surface area contributed by atoms with Gasteiger partial charge in [-0.25, -0.2) is 9.78 Å². The van der Waals surface area contributed by atoms with Crippen LogP contribution >= 0.6 is 11.8 Å². The molecule has 0 saturated heterocycles. The lowest BCUT2D eigenvalue weighted by molar-refractivity contribution is -0.116. The summed E-state index contributed by atoms with van der Waals surface area (Å²) in [5.41, 5.74) is 5.79. The first-order valence-electron chi connectivity index (χ1n) is 9.87. The monoisotopic (exact) mass is 427 g/mol. The van der Waals surface area contributed by atoms with Gasteiger partial charge in [0, 0.05) is 18.5 Å². The summed E-state index contributed by atoms with van der Waals surface area (Å²) in [4.78, 5) is 45.6. The summed E-state index contributed by atoms with van der Waals surface area (Å²) in [7, 11) is 0. The first-order chi connectivity index (χ1) is 14.5. The molecule has 0 spiro atoms. The van der Waals surface area contributed by atoms with Crippen molar-refractivity contribution in [1.29, 1.82) is 0 Å². The van der Waals surface area contributed by atoms with E-state index in [0.717, 1.165) is 23.7 Å². The number of nitrogen functional groups attached to an aromatic ring is 1. The first-order valence-corrected chi connectivity index (χ1v) is 10.9. The summed E-state index contributed by atoms with van der Waals surface area (Å²) in [6.07, 6.45) is 1.60. The minimum absolute atomic E-state index is 0.0150. The van der Waals surface area contributed by atoms with E-state index in [4.69, 9.17) is 5.73 Å². The molecule has 3 rings (SSSR count). The number of aromatic nitrogens is 3. The highest BCUT2D eigenvalue weighted by molar-refractivity contribution is 7.99. The van der Waals surface area contributed by atoms with Gasteiger partial charge in [-0.15, -0.1) is 0 Å². The van der Waals surface area contributed by atoms with Crippen molar-refractivity contribution in [1.82, 2.24) is 14.5 Å². The van der Waals surface area contributed by atoms with Crippen LogP contribution in [0.2, 0.25) is 0 Å². The maximum absolute atomic E-state index is 12.9. The summed E-state index contributed by atoms with van der Waals surface area (Å²) in [5.74, 6) is -0.178. The third kappa shape index (κ3) is 4.56. The summed E-state index contributed by atoms with van der Waals surface area (Å²) < 4.78 is 1.31. The molecule has 30 heavy (non-hydrogen) atoms. The topological polar surface area (TPSA) is 114 Å². The molecule has 0 aliphatic carbocycles. The summed E-state index contributed by atoms with van der Waals surface area (Å²) in [6.45, 7) is 4.39. The molecule has 8 nitrogen and oxygen atoms in total. The van der Waals surface area contributed by atoms with E-state index in [-0.39, 0.29) is 29.7 Å². The zero-order chi connectivity index (χ0) is 21.7. The number of nitrogens with zero attached hydrogens (tertiary/aromatic N) is 3. The number of nitrogens with one attached hydrogen (secondary N) is 1. The van der Waals surface area contributed by atoms with Gasteiger partial charge in [0.1, 0.15) is 5.82 Å². The van der Waals surface area contributed by atoms with Gasteiger partial charge in [-0.05, 0) is 25.5 Å². The highest BCUT2D eigenvalue weighted by atomic mass is 32.2. The molecular formula is C21H25N5O3S. The van der Waals surface area contributed by atoms with Gasteiger partial charge < -0.3 is 10.6 Å². The van der Waals surface area contributed by atoms with Gasteiger partial charge in [0.15, 0.2) is 5.69 Å². The van der Waals surface area contributed by atoms with E-state index in [1.807, 2.05) is 43.3 Å². The normalized spacial score (nSPS) is 11.0. The van der Waals surface area contributed by atoms with Gasteiger partial charge in [0.2, 0.25) is 5.91 Å². The number of thioether (sulfide) groups is 1. The van der Waals surface area contributed by atoms with Crippen molar-refractivity contribution in [2.75, 3.05) is 22.9 Å². The Labute approximate surface area is 178 Å². The molecule has 0 bridgehead atoms. The Morgan fingerprint density at radius 1 is 1.20 bits per heavy atom. The second kappa shape index (κ2) is 9.62. The van der Waals surface area contributed by atoms with Crippen LogP contribution in [0.25, 0.3) is 10.9 Å². The van der Waals surface area contributed by atoms with Gasteiger partial charge >= 0.3 is 5.69 Å². The van der Waals surface area contributed by atoms with Crippen molar-refractivity contribution in [3.05, 3.63) is 57.2 Å². The molecule has 3 aromatic rings. The van der Waals surface area contributed by atoms with E-state index in [9.17, 15) is 14.4 Å². The van der Waals surface area contributed by atoms with Crippen molar-refractivity contribution in [2.45, 2.75) is 38.3 Å². The minimum atomic E-state index is -0.658. The van der Waals surface area contributed by atoms with E-state index in [0.29, 0.717) is 11.6 Å². The number of rotatable bonds is 8. The van der Waals surface area contributed by atoms with Gasteiger partial charge in [-0.2, -0.15) is 0 Å². The van der Waals surface area contributed by atoms with Crippen LogP contribution in [0.5, 0.6) is 0 Å². The molecule has 0 atom stereocenters. The first kappa shape index (κ1) is 21.6. The minimum Gasteiger partial charge on any atom is -0.383 e. The number of H-pyrrole nitrogens is 1. The van der Waals surface area contributed by atoms with Gasteiger partial charge in [0.25, 0.3) is 5.56 Å². The fourth-order valence-corrected chi connectivity index (χ4v) is 3.93. The molecule has 3 N–H and O–H groups in total. The Balaban J connectivity index is 1.83. The molecule has 0 radical (unpaired) electrons. The Hall–Kier alpha value is -3.07. The SMILES string of the molecule is CCCCn1c(N)c(N(CC)C(=O)CSc2ccc3ccccc3n2)c(=O)[nH]c1=O. The average Bonchev–Trinajstić information content (AvgIpc) is 2.74. The van der Waals surface area contributed by atoms with Crippen LogP contribution in [0.15, 0.2) is 51.0 Å². The number of nitrogens with two attached hydrogens (primary N) is 1. The van der Waals surface area contributed by atoms with Crippen molar-refractivity contribution in [2.24, 2.45) is 0 Å². The summed E-state index contributed by atoms with van der Waals surface area (Å²) in [5, 5.41) is 1.74. The highest BCUT2D eigenvalue weighted by Gasteiger charge is 2.23. The maximum atomic E-state index is 12.9. The molecule has 158 valence electrons. The van der Waals surface area contributed by atoms with Crippen LogP contribution in [0.1, 0.15) is 26.7 Å². The number of aromatic amines is 1. The van der Waals surface area contributed by atoms with E-state index in [1.165, 1.54) is 21.2 Å². The van der Waals surface area contributed by atoms with Crippen LogP contribution in [-0.2, 0) is 11.3 Å². The fraction of sp³-hybridized carbons (Fsp3) is 0.333. The third-order valence-corrected chi connectivity index (χ3v) is 5.67. The van der Waals surface area contributed by atoms with Gasteiger partial charge in [-0.1, -0.05) is 49.4 Å². The van der Waals surface area contributed by atoms with Crippen LogP contribution < -0.4 is 21.9 Å². The van der Waals surface area contributed by atoms with Crippen LogP contribution in [-0.4, -0.2) is 32.7 Å². The van der Waals surface area contributed by atoms with Crippen molar-refractivity contribution in [3.8, 4) is 0 Å². The van der Waals surface area contributed by atoms with Crippen LogP contribution in [0.3, 0.4) is 0 Å². The van der Waals surface area contributed by atoms with Gasteiger partial charge in [0.05, 0.1) is 16.3 Å². The molecule has 2 heterocycles. The van der Waals surface area contributed by atoms with Crippen molar-refractivity contribution in [3.63, 3.8) is 0 Å². The Bertz CT molecular complexity index is 1170. The second-order valence-electron chi connectivity index (χ2n) is 6.77. The number of fused-ring (bicyclic) bond motifs is 1. The zero-order valence-electron chi connectivity index (χ0n) is 17.1.